The molecule has 1 aliphatic carbocycles. The monoisotopic (exact) mass is 469 g/mol. The maximum Gasteiger partial charge on any atom is 0.271 e. The van der Waals surface area contributed by atoms with Gasteiger partial charge in [0, 0.05) is 24.2 Å². The minimum absolute atomic E-state index is 0.144. The Morgan fingerprint density at radius 1 is 1.21 bits per heavy atom. The van der Waals surface area contributed by atoms with Gasteiger partial charge in [-0.25, -0.2) is 9.97 Å². The van der Waals surface area contributed by atoms with Gasteiger partial charge in [0.25, 0.3) is 5.91 Å². The normalized spacial score (nSPS) is 24.1. The summed E-state index contributed by atoms with van der Waals surface area (Å²) >= 11 is 1.63. The molecule has 3 aromatic heterocycles. The van der Waals surface area contributed by atoms with Crippen LogP contribution in [-0.2, 0) is 6.42 Å². The lowest BCUT2D eigenvalue weighted by Crippen LogP contribution is -2.42. The number of hydrogen-bond donors (Lipinski definition) is 5. The molecule has 0 unspecified atom stereocenters. The first-order chi connectivity index (χ1) is 15.9. The van der Waals surface area contributed by atoms with E-state index in [1.807, 2.05) is 18.4 Å². The Hall–Kier alpha value is -2.56. The van der Waals surface area contributed by atoms with E-state index >= 15 is 0 Å². The second kappa shape index (κ2) is 9.36. The quantitative estimate of drug-likeness (QED) is 0.375. The summed E-state index contributed by atoms with van der Waals surface area (Å²) in [5.74, 6) is 1.38. The molecule has 3 aromatic rings. The van der Waals surface area contributed by atoms with Crippen LogP contribution >= 0.6 is 11.3 Å². The van der Waals surface area contributed by atoms with Gasteiger partial charge in [0.2, 0.25) is 0 Å². The number of amides is 1. The number of fused-ring (bicyclic) bond motifs is 1. The standard InChI is InChI=1S/C23H31N7O2S/c1-23(32)7-2-14(3-8-23)25-21-20-17(6-11-33-20)27-19(28-21)13-16-12-18(30-29-16)22(31)26-15-4-9-24-10-5-15/h6,11-12,14-15,24,32H,2-5,7-10,13H2,1H3,(H,26,31)(H,29,30)(H,25,27,28). The summed E-state index contributed by atoms with van der Waals surface area (Å²) < 4.78 is 1.04. The summed E-state index contributed by atoms with van der Waals surface area (Å²) in [5.41, 5.74) is 1.55. The fraction of sp³-hybridized carbons (Fsp3) is 0.565. The van der Waals surface area contributed by atoms with Gasteiger partial charge in [-0.2, -0.15) is 5.10 Å². The van der Waals surface area contributed by atoms with Gasteiger partial charge in [-0.3, -0.25) is 9.89 Å². The van der Waals surface area contributed by atoms with E-state index in [1.54, 1.807) is 17.4 Å². The van der Waals surface area contributed by atoms with E-state index in [2.05, 4.69) is 26.1 Å². The lowest BCUT2D eigenvalue weighted by molar-refractivity contribution is 0.0196. The lowest BCUT2D eigenvalue weighted by atomic mass is 9.84. The molecule has 10 heteroatoms. The molecule has 9 nitrogen and oxygen atoms in total. The molecule has 0 aromatic carbocycles. The molecule has 1 amide bonds. The van der Waals surface area contributed by atoms with Gasteiger partial charge in [-0.05, 0) is 76.1 Å². The highest BCUT2D eigenvalue weighted by Crippen LogP contribution is 2.32. The van der Waals surface area contributed by atoms with Crippen LogP contribution in [0.15, 0.2) is 17.5 Å². The smallest absolute Gasteiger partial charge is 0.271 e. The topological polar surface area (TPSA) is 128 Å². The summed E-state index contributed by atoms with van der Waals surface area (Å²) in [7, 11) is 0. The van der Waals surface area contributed by atoms with Crippen LogP contribution in [0.1, 0.15) is 67.5 Å². The summed E-state index contributed by atoms with van der Waals surface area (Å²) in [6.07, 6.45) is 5.73. The maximum atomic E-state index is 12.6. The molecule has 5 rings (SSSR count). The fourth-order valence-corrected chi connectivity index (χ4v) is 5.41. The van der Waals surface area contributed by atoms with Gasteiger partial charge in [0.05, 0.1) is 15.8 Å². The van der Waals surface area contributed by atoms with Crippen LogP contribution in [0.4, 0.5) is 5.82 Å². The van der Waals surface area contributed by atoms with Crippen LogP contribution in [0.2, 0.25) is 0 Å². The van der Waals surface area contributed by atoms with Gasteiger partial charge in [-0.1, -0.05) is 0 Å². The first-order valence-corrected chi connectivity index (χ1v) is 12.6. The largest absolute Gasteiger partial charge is 0.390 e. The summed E-state index contributed by atoms with van der Waals surface area (Å²) in [4.78, 5) is 22.1. The van der Waals surface area contributed by atoms with Crippen LogP contribution in [-0.4, -0.2) is 62.0 Å². The zero-order chi connectivity index (χ0) is 22.8. The number of aromatic nitrogens is 4. The Bertz CT molecular complexity index is 1110. The van der Waals surface area contributed by atoms with Gasteiger partial charge in [0.15, 0.2) is 0 Å². The first kappa shape index (κ1) is 22.2. The molecule has 0 bridgehead atoms. The molecule has 0 spiro atoms. The number of aromatic amines is 1. The highest BCUT2D eigenvalue weighted by molar-refractivity contribution is 7.17. The number of aliphatic hydroxyl groups is 1. The lowest BCUT2D eigenvalue weighted by Gasteiger charge is -2.33. The Balaban J connectivity index is 1.28. The number of rotatable bonds is 6. The first-order valence-electron chi connectivity index (χ1n) is 11.7. The van der Waals surface area contributed by atoms with Crippen molar-refractivity contribution >= 4 is 33.3 Å². The molecule has 2 fully saturated rings. The van der Waals surface area contributed by atoms with E-state index in [4.69, 9.17) is 9.97 Å². The minimum atomic E-state index is -0.564. The van der Waals surface area contributed by atoms with E-state index < -0.39 is 5.60 Å². The number of carbonyl (C=O) groups excluding carboxylic acids is 1. The second-order valence-electron chi connectivity index (χ2n) is 9.49. The molecule has 0 atom stereocenters. The molecular formula is C23H31N7O2S. The Morgan fingerprint density at radius 2 is 2.00 bits per heavy atom. The Labute approximate surface area is 196 Å². The molecule has 2 aliphatic rings. The average Bonchev–Trinajstić information content (AvgIpc) is 3.46. The summed E-state index contributed by atoms with van der Waals surface area (Å²) in [6.45, 7) is 3.76. The zero-order valence-corrected chi connectivity index (χ0v) is 19.7. The number of H-pyrrole nitrogens is 1. The molecule has 1 aliphatic heterocycles. The van der Waals surface area contributed by atoms with E-state index in [-0.39, 0.29) is 18.0 Å². The summed E-state index contributed by atoms with van der Waals surface area (Å²) in [5, 5.41) is 29.4. The molecule has 0 radical (unpaired) electrons. The van der Waals surface area contributed by atoms with Gasteiger partial charge in [0.1, 0.15) is 17.3 Å². The third-order valence-corrected chi connectivity index (χ3v) is 7.55. The van der Waals surface area contributed by atoms with Crippen LogP contribution in [0.25, 0.3) is 10.2 Å². The van der Waals surface area contributed by atoms with E-state index in [0.29, 0.717) is 17.9 Å². The number of carbonyl (C=O) groups is 1. The molecule has 176 valence electrons. The van der Waals surface area contributed by atoms with Crippen molar-refractivity contribution in [1.29, 1.82) is 0 Å². The molecular weight excluding hydrogens is 438 g/mol. The number of nitrogens with one attached hydrogen (secondary N) is 4. The third-order valence-electron chi connectivity index (χ3n) is 6.64. The summed E-state index contributed by atoms with van der Waals surface area (Å²) in [6, 6.07) is 4.27. The van der Waals surface area contributed by atoms with Crippen LogP contribution in [0.5, 0.6) is 0 Å². The number of anilines is 1. The van der Waals surface area contributed by atoms with Crippen molar-refractivity contribution in [2.24, 2.45) is 0 Å². The van der Waals surface area contributed by atoms with Crippen LogP contribution in [0, 0.1) is 0 Å². The third kappa shape index (κ3) is 5.34. The van der Waals surface area contributed by atoms with Crippen molar-refractivity contribution in [2.75, 3.05) is 18.4 Å². The van der Waals surface area contributed by atoms with Crippen molar-refractivity contribution in [1.82, 2.24) is 30.8 Å². The molecule has 1 saturated heterocycles. The Kier molecular flexibility index (Phi) is 6.31. The average molecular weight is 470 g/mol. The van der Waals surface area contributed by atoms with Gasteiger partial charge >= 0.3 is 0 Å². The highest BCUT2D eigenvalue weighted by Gasteiger charge is 2.29. The van der Waals surface area contributed by atoms with Crippen LogP contribution < -0.4 is 16.0 Å². The number of hydrogen-bond acceptors (Lipinski definition) is 8. The SMILES string of the molecule is CC1(O)CCC(Nc2nc(Cc3cc(C(=O)NC4CCNCC4)n[nH]3)nc3ccsc23)CC1. The fourth-order valence-electron chi connectivity index (χ4n) is 4.63. The Morgan fingerprint density at radius 3 is 2.79 bits per heavy atom. The predicted octanol–water partition coefficient (Wildman–Crippen LogP) is 2.59. The number of nitrogens with zero attached hydrogens (tertiary/aromatic N) is 3. The van der Waals surface area contributed by atoms with Crippen molar-refractivity contribution in [3.63, 3.8) is 0 Å². The molecule has 1 saturated carbocycles. The van der Waals surface area contributed by atoms with Gasteiger partial charge < -0.3 is 21.1 Å². The zero-order valence-electron chi connectivity index (χ0n) is 18.9. The van der Waals surface area contributed by atoms with E-state index in [9.17, 15) is 9.90 Å². The molecule has 4 heterocycles. The van der Waals surface area contributed by atoms with Crippen molar-refractivity contribution < 1.29 is 9.90 Å². The number of thiophene rings is 1. The van der Waals surface area contributed by atoms with E-state index in [1.165, 1.54) is 0 Å². The maximum absolute atomic E-state index is 12.6. The molecule has 33 heavy (non-hydrogen) atoms. The predicted molar refractivity (Wildman–Crippen MR) is 129 cm³/mol. The van der Waals surface area contributed by atoms with E-state index in [0.717, 1.165) is 73.3 Å². The molecule has 5 N–H and O–H groups in total. The van der Waals surface area contributed by atoms with Crippen LogP contribution in [0.3, 0.4) is 0 Å². The second-order valence-corrected chi connectivity index (χ2v) is 10.4. The minimum Gasteiger partial charge on any atom is -0.390 e. The van der Waals surface area contributed by atoms with Gasteiger partial charge in [-0.15, -0.1) is 11.3 Å². The van der Waals surface area contributed by atoms with Crippen molar-refractivity contribution in [3.05, 3.63) is 34.7 Å². The van der Waals surface area contributed by atoms with Crippen molar-refractivity contribution in [2.45, 2.75) is 69.6 Å². The highest BCUT2D eigenvalue weighted by atomic mass is 32.1. The van der Waals surface area contributed by atoms with Crippen molar-refractivity contribution in [3.8, 4) is 0 Å². The number of piperidine rings is 1.